The highest BCUT2D eigenvalue weighted by atomic mass is 31.2. The van der Waals surface area contributed by atoms with Crippen molar-refractivity contribution in [2.75, 3.05) is 39.6 Å². The molecule has 0 saturated carbocycles. The van der Waals surface area contributed by atoms with Crippen LogP contribution in [0.4, 0.5) is 0 Å². The number of hydrogen-bond donors (Lipinski definition) is 3. The summed E-state index contributed by atoms with van der Waals surface area (Å²) in [6.45, 7) is 9.74. The third-order valence-electron chi connectivity index (χ3n) is 20.2. The van der Waals surface area contributed by atoms with Gasteiger partial charge in [0.15, 0.2) is 12.2 Å². The fraction of sp³-hybridized carbons (Fsp3) is 0.953. The van der Waals surface area contributed by atoms with Gasteiger partial charge in [-0.25, -0.2) is 9.13 Å². The number of phosphoric acid groups is 2. The van der Waals surface area contributed by atoms with Gasteiger partial charge in [0.2, 0.25) is 0 Å². The highest BCUT2D eigenvalue weighted by Crippen LogP contribution is 2.45. The van der Waals surface area contributed by atoms with E-state index in [9.17, 15) is 43.2 Å². The number of aliphatic hydroxyl groups excluding tert-OH is 1. The predicted octanol–water partition coefficient (Wildman–Crippen LogP) is 26.2. The van der Waals surface area contributed by atoms with Crippen molar-refractivity contribution in [1.29, 1.82) is 0 Å². The quantitative estimate of drug-likeness (QED) is 0.0222. The van der Waals surface area contributed by atoms with Gasteiger partial charge in [-0.15, -0.1) is 0 Å². The zero-order chi connectivity index (χ0) is 77.1. The fourth-order valence-electron chi connectivity index (χ4n) is 13.4. The van der Waals surface area contributed by atoms with E-state index in [-0.39, 0.29) is 25.7 Å². The molecule has 0 aromatic heterocycles. The molecule has 105 heavy (non-hydrogen) atoms. The summed E-state index contributed by atoms with van der Waals surface area (Å²) in [6.07, 6.45) is 69.2. The average Bonchev–Trinajstić information content (AvgIpc) is 0.969. The molecule has 624 valence electrons. The second kappa shape index (κ2) is 77.4. The van der Waals surface area contributed by atoms with E-state index < -0.39 is 97.5 Å². The first-order valence-corrected chi connectivity index (χ1v) is 47.5. The molecule has 2 unspecified atom stereocenters. The molecular weight excluding hydrogens is 1370 g/mol. The summed E-state index contributed by atoms with van der Waals surface area (Å²) in [6, 6.07) is 0. The lowest BCUT2D eigenvalue weighted by Crippen LogP contribution is -2.30. The van der Waals surface area contributed by atoms with E-state index in [1.165, 1.54) is 276 Å². The van der Waals surface area contributed by atoms with Gasteiger partial charge >= 0.3 is 39.5 Å². The Hall–Kier alpha value is -1.94. The number of carbonyl (C=O) groups excluding carboxylic acids is 4. The lowest BCUT2D eigenvalue weighted by molar-refractivity contribution is -0.161. The molecule has 0 saturated heterocycles. The molecule has 0 spiro atoms. The van der Waals surface area contributed by atoms with Crippen LogP contribution in [0.5, 0.6) is 0 Å². The highest BCUT2D eigenvalue weighted by Gasteiger charge is 2.30. The van der Waals surface area contributed by atoms with Crippen LogP contribution < -0.4 is 0 Å². The van der Waals surface area contributed by atoms with Crippen molar-refractivity contribution in [3.05, 3.63) is 0 Å². The van der Waals surface area contributed by atoms with E-state index in [2.05, 4.69) is 41.5 Å². The number of unbranched alkanes of at least 4 members (excludes halogenated alkanes) is 55. The lowest BCUT2D eigenvalue weighted by Gasteiger charge is -2.21. The maximum Gasteiger partial charge on any atom is 0.472 e. The molecule has 0 aliphatic carbocycles. The second-order valence-electron chi connectivity index (χ2n) is 31.9. The van der Waals surface area contributed by atoms with E-state index in [0.29, 0.717) is 25.7 Å². The van der Waals surface area contributed by atoms with E-state index >= 15 is 0 Å². The number of hydrogen-bond acceptors (Lipinski definition) is 15. The van der Waals surface area contributed by atoms with Crippen LogP contribution in [0.2, 0.25) is 0 Å². The van der Waals surface area contributed by atoms with Crippen LogP contribution in [0.3, 0.4) is 0 Å². The van der Waals surface area contributed by atoms with Gasteiger partial charge in [-0.3, -0.25) is 37.3 Å². The first kappa shape index (κ1) is 103. The molecule has 19 heteroatoms. The molecule has 0 rings (SSSR count). The van der Waals surface area contributed by atoms with Crippen LogP contribution in [0.25, 0.3) is 0 Å². The summed E-state index contributed by atoms with van der Waals surface area (Å²) in [5, 5.41) is 10.7. The molecule has 17 nitrogen and oxygen atoms in total. The van der Waals surface area contributed by atoms with E-state index in [1.54, 1.807) is 0 Å². The summed E-state index contributed by atoms with van der Waals surface area (Å²) in [5.74, 6) is -0.490. The van der Waals surface area contributed by atoms with Gasteiger partial charge in [0.25, 0.3) is 0 Å². The summed E-state index contributed by atoms with van der Waals surface area (Å²) < 4.78 is 68.9. The number of aliphatic hydroxyl groups is 1. The summed E-state index contributed by atoms with van der Waals surface area (Å²) in [5.41, 5.74) is 0. The Balaban J connectivity index is 5.27. The Morgan fingerprint density at radius 3 is 0.648 bits per heavy atom. The van der Waals surface area contributed by atoms with Gasteiger partial charge < -0.3 is 33.8 Å². The SMILES string of the molecule is CCCCCCCCCCCCCCCCCCC(=O)O[C@H](COC(=O)CCCCCCCCCCCCCCC)COP(=O)(O)OC[C@H](O)COP(=O)(O)OC[C@@H](COC(=O)CCCCCCCCCCCCCCCCC(C)C)OC(=O)CCCCCCCCCCCCCCCCCCC(C)C. The molecule has 3 N–H and O–H groups in total. The summed E-state index contributed by atoms with van der Waals surface area (Å²) in [7, 11) is -9.93. The summed E-state index contributed by atoms with van der Waals surface area (Å²) >= 11 is 0. The number of rotatable bonds is 85. The molecule has 0 aromatic carbocycles. The molecule has 5 atom stereocenters. The molecule has 0 aliphatic heterocycles. The lowest BCUT2D eigenvalue weighted by atomic mass is 10.0. The van der Waals surface area contributed by atoms with E-state index in [4.69, 9.17) is 37.0 Å². The normalized spacial score (nSPS) is 13.8. The van der Waals surface area contributed by atoms with Gasteiger partial charge in [-0.1, -0.05) is 408 Å². The predicted molar refractivity (Wildman–Crippen MR) is 432 cm³/mol. The number of esters is 4. The minimum absolute atomic E-state index is 0.109. The molecule has 0 fully saturated rings. The van der Waals surface area contributed by atoms with Gasteiger partial charge in [-0.2, -0.15) is 0 Å². The molecule has 0 aliphatic rings. The maximum atomic E-state index is 13.1. The molecule has 0 amide bonds. The Labute approximate surface area is 645 Å². The molecule has 0 radical (unpaired) electrons. The maximum absolute atomic E-state index is 13.1. The zero-order valence-electron chi connectivity index (χ0n) is 69.0. The van der Waals surface area contributed by atoms with Gasteiger partial charge in [-0.05, 0) is 37.5 Å². The summed E-state index contributed by atoms with van der Waals surface area (Å²) in [4.78, 5) is 73.3. The first-order chi connectivity index (χ1) is 50.9. The van der Waals surface area contributed by atoms with Crippen LogP contribution >= 0.6 is 15.6 Å². The van der Waals surface area contributed by atoms with Crippen molar-refractivity contribution >= 4 is 39.5 Å². The molecule has 0 heterocycles. The monoisotopic (exact) mass is 1540 g/mol. The van der Waals surface area contributed by atoms with Crippen LogP contribution in [0.1, 0.15) is 459 Å². The topological polar surface area (TPSA) is 237 Å². The van der Waals surface area contributed by atoms with Gasteiger partial charge in [0, 0.05) is 25.7 Å². The largest absolute Gasteiger partial charge is 0.472 e. The third kappa shape index (κ3) is 79.9. The van der Waals surface area contributed by atoms with Gasteiger partial charge in [0.05, 0.1) is 26.4 Å². The molecule has 0 aromatic rings. The van der Waals surface area contributed by atoms with Gasteiger partial charge in [0.1, 0.15) is 19.3 Å². The first-order valence-electron chi connectivity index (χ1n) is 44.5. The van der Waals surface area contributed by atoms with Crippen LogP contribution in [0, 0.1) is 11.8 Å². The molecule has 0 bridgehead atoms. The van der Waals surface area contributed by atoms with Crippen LogP contribution in [-0.4, -0.2) is 96.7 Å². The van der Waals surface area contributed by atoms with Crippen molar-refractivity contribution in [2.45, 2.75) is 477 Å². The standard InChI is InChI=1S/C86H168O17P2/c1-7-9-11-13-15-17-19-21-22-26-34-40-46-52-58-64-70-85(90)102-81(74-96-83(88)68-62-56-50-44-38-30-20-18-16-14-12-10-8-2)76-100-104(92,93)98-72-80(87)73-99-105(94,95)101-77-82(75-97-84(89)69-63-57-51-45-39-33-29-28-32-37-43-49-55-61-67-79(5)6)103-86(91)71-65-59-53-47-41-35-27-24-23-25-31-36-42-48-54-60-66-78(3)4/h78-82,87H,7-77H2,1-6H3,(H,92,93)(H,94,95)/t80-,81+,82+/m0/s1. The Morgan fingerprint density at radius 1 is 0.257 bits per heavy atom. The average molecular weight is 1540 g/mol. The van der Waals surface area contributed by atoms with Crippen molar-refractivity contribution in [3.8, 4) is 0 Å². The molecular formula is C86H168O17P2. The minimum atomic E-state index is -4.97. The second-order valence-corrected chi connectivity index (χ2v) is 34.8. The Morgan fingerprint density at radius 2 is 0.438 bits per heavy atom. The Kier molecular flexibility index (Phi) is 76.0. The van der Waals surface area contributed by atoms with Crippen molar-refractivity contribution in [1.82, 2.24) is 0 Å². The van der Waals surface area contributed by atoms with Crippen molar-refractivity contribution in [2.24, 2.45) is 11.8 Å². The third-order valence-corrected chi connectivity index (χ3v) is 22.1. The number of ether oxygens (including phenoxy) is 4. The Bertz CT molecular complexity index is 2010. The van der Waals surface area contributed by atoms with E-state index in [0.717, 1.165) is 102 Å². The van der Waals surface area contributed by atoms with Crippen molar-refractivity contribution in [3.63, 3.8) is 0 Å². The fourth-order valence-corrected chi connectivity index (χ4v) is 15.0. The highest BCUT2D eigenvalue weighted by molar-refractivity contribution is 7.47. The van der Waals surface area contributed by atoms with Crippen LogP contribution in [-0.2, 0) is 65.4 Å². The van der Waals surface area contributed by atoms with Crippen LogP contribution in [0.15, 0.2) is 0 Å². The smallest absolute Gasteiger partial charge is 0.462 e. The number of phosphoric ester groups is 2. The number of carbonyl (C=O) groups is 4. The zero-order valence-corrected chi connectivity index (χ0v) is 70.8. The van der Waals surface area contributed by atoms with Crippen molar-refractivity contribution < 1.29 is 80.2 Å². The minimum Gasteiger partial charge on any atom is -0.462 e. The van der Waals surface area contributed by atoms with E-state index in [1.807, 2.05) is 0 Å².